The van der Waals surface area contributed by atoms with Gasteiger partial charge in [-0.2, -0.15) is 0 Å². The fourth-order valence-electron chi connectivity index (χ4n) is 4.84. The molecule has 0 aromatic rings. The SMILES string of the molecule is CC(N)C(N)(N)C1(C2CCCCCC2)CCCCCC1. The molecule has 0 radical (unpaired) electrons. The van der Waals surface area contributed by atoms with Gasteiger partial charge in [-0.25, -0.2) is 0 Å². The van der Waals surface area contributed by atoms with Gasteiger partial charge in [-0.15, -0.1) is 0 Å². The molecule has 0 aromatic carbocycles. The average molecular weight is 281 g/mol. The van der Waals surface area contributed by atoms with Crippen molar-refractivity contribution in [3.63, 3.8) is 0 Å². The molecular weight excluding hydrogens is 246 g/mol. The van der Waals surface area contributed by atoms with Crippen molar-refractivity contribution in [1.82, 2.24) is 0 Å². The van der Waals surface area contributed by atoms with Gasteiger partial charge in [-0.05, 0) is 38.5 Å². The first-order chi connectivity index (χ1) is 9.51. The molecule has 0 amide bonds. The van der Waals surface area contributed by atoms with Crippen LogP contribution in [0.4, 0.5) is 0 Å². The van der Waals surface area contributed by atoms with Crippen LogP contribution < -0.4 is 17.2 Å². The fourth-order valence-corrected chi connectivity index (χ4v) is 4.84. The third-order valence-corrected chi connectivity index (χ3v) is 6.25. The molecule has 2 saturated carbocycles. The first kappa shape index (κ1) is 16.3. The zero-order chi connectivity index (χ0) is 14.6. The molecule has 2 rings (SSSR count). The first-order valence-corrected chi connectivity index (χ1v) is 8.84. The molecule has 2 fully saturated rings. The van der Waals surface area contributed by atoms with E-state index in [0.717, 1.165) is 0 Å². The van der Waals surface area contributed by atoms with Gasteiger partial charge in [0.1, 0.15) is 0 Å². The molecule has 0 spiro atoms. The molecule has 0 aromatic heterocycles. The minimum atomic E-state index is -0.716. The Kier molecular flexibility index (Phi) is 5.49. The second-order valence-electron chi connectivity index (χ2n) is 7.48. The molecule has 2 aliphatic rings. The Labute approximate surface area is 125 Å². The Morgan fingerprint density at radius 1 is 0.850 bits per heavy atom. The van der Waals surface area contributed by atoms with E-state index in [0.29, 0.717) is 5.92 Å². The molecule has 0 heterocycles. The molecule has 3 heteroatoms. The molecule has 20 heavy (non-hydrogen) atoms. The van der Waals surface area contributed by atoms with Crippen molar-refractivity contribution in [3.8, 4) is 0 Å². The zero-order valence-corrected chi connectivity index (χ0v) is 13.4. The lowest BCUT2D eigenvalue weighted by Gasteiger charge is -2.53. The largest absolute Gasteiger partial charge is 0.325 e. The standard InChI is InChI=1S/C17H35N3/c1-14(18)17(19,20)16(12-8-4-5-9-13-16)15-10-6-2-3-7-11-15/h14-15H,2-13,18-20H2,1H3. The van der Waals surface area contributed by atoms with Crippen LogP contribution in [-0.4, -0.2) is 11.7 Å². The Morgan fingerprint density at radius 3 is 1.75 bits per heavy atom. The van der Waals surface area contributed by atoms with Crippen LogP contribution in [0.1, 0.15) is 84.0 Å². The highest BCUT2D eigenvalue weighted by Gasteiger charge is 2.52. The normalized spacial score (nSPS) is 27.6. The van der Waals surface area contributed by atoms with Gasteiger partial charge < -0.3 is 17.2 Å². The van der Waals surface area contributed by atoms with E-state index in [-0.39, 0.29) is 11.5 Å². The third-order valence-electron chi connectivity index (χ3n) is 6.25. The van der Waals surface area contributed by atoms with Crippen LogP contribution in [0, 0.1) is 11.3 Å². The highest BCUT2D eigenvalue weighted by molar-refractivity contribution is 5.07. The van der Waals surface area contributed by atoms with E-state index in [2.05, 4.69) is 0 Å². The second kappa shape index (κ2) is 6.76. The minimum Gasteiger partial charge on any atom is -0.325 e. The lowest BCUT2D eigenvalue weighted by atomic mass is 9.58. The monoisotopic (exact) mass is 281 g/mol. The predicted molar refractivity (Wildman–Crippen MR) is 86.1 cm³/mol. The van der Waals surface area contributed by atoms with Crippen LogP contribution in [0.5, 0.6) is 0 Å². The molecule has 0 bridgehead atoms. The van der Waals surface area contributed by atoms with Gasteiger partial charge in [0.2, 0.25) is 0 Å². The van der Waals surface area contributed by atoms with Gasteiger partial charge in [0.05, 0.1) is 5.66 Å². The summed E-state index contributed by atoms with van der Waals surface area (Å²) in [6.45, 7) is 2.00. The van der Waals surface area contributed by atoms with Crippen molar-refractivity contribution in [2.75, 3.05) is 0 Å². The van der Waals surface area contributed by atoms with E-state index in [1.807, 2.05) is 6.92 Å². The zero-order valence-electron chi connectivity index (χ0n) is 13.4. The van der Waals surface area contributed by atoms with Crippen LogP contribution in [0.25, 0.3) is 0 Å². The minimum absolute atomic E-state index is 0.0714. The topological polar surface area (TPSA) is 78.1 Å². The Hall–Kier alpha value is -0.120. The van der Waals surface area contributed by atoms with E-state index in [1.54, 1.807) is 0 Å². The molecule has 3 nitrogen and oxygen atoms in total. The van der Waals surface area contributed by atoms with Gasteiger partial charge in [-0.3, -0.25) is 0 Å². The van der Waals surface area contributed by atoms with Crippen LogP contribution in [-0.2, 0) is 0 Å². The summed E-state index contributed by atoms with van der Waals surface area (Å²) >= 11 is 0. The first-order valence-electron chi connectivity index (χ1n) is 8.84. The van der Waals surface area contributed by atoms with E-state index >= 15 is 0 Å². The lowest BCUT2D eigenvalue weighted by molar-refractivity contribution is 0.00558. The van der Waals surface area contributed by atoms with Crippen molar-refractivity contribution < 1.29 is 0 Å². The van der Waals surface area contributed by atoms with E-state index in [9.17, 15) is 0 Å². The number of nitrogens with two attached hydrogens (primary N) is 3. The van der Waals surface area contributed by atoms with E-state index in [4.69, 9.17) is 17.2 Å². The summed E-state index contributed by atoms with van der Waals surface area (Å²) < 4.78 is 0. The Bertz CT molecular complexity index is 283. The number of rotatable bonds is 3. The highest BCUT2D eigenvalue weighted by atomic mass is 15.1. The lowest BCUT2D eigenvalue weighted by Crippen LogP contribution is -2.72. The van der Waals surface area contributed by atoms with Crippen molar-refractivity contribution in [3.05, 3.63) is 0 Å². The van der Waals surface area contributed by atoms with Gasteiger partial charge in [-0.1, -0.05) is 51.4 Å². The molecule has 0 aliphatic heterocycles. The number of hydrogen-bond donors (Lipinski definition) is 3. The van der Waals surface area contributed by atoms with Gasteiger partial charge in [0.25, 0.3) is 0 Å². The molecule has 0 saturated heterocycles. The summed E-state index contributed by atoms with van der Waals surface area (Å²) in [6, 6.07) is -0.135. The van der Waals surface area contributed by atoms with E-state index in [1.165, 1.54) is 77.0 Å². The fraction of sp³-hybridized carbons (Fsp3) is 1.00. The summed E-state index contributed by atoms with van der Waals surface area (Å²) in [5.74, 6) is 0.684. The maximum atomic E-state index is 6.67. The van der Waals surface area contributed by atoms with Gasteiger partial charge in [0, 0.05) is 11.5 Å². The van der Waals surface area contributed by atoms with Crippen LogP contribution in [0.2, 0.25) is 0 Å². The molecule has 118 valence electrons. The average Bonchev–Trinajstić information content (AvgIpc) is 2.82. The van der Waals surface area contributed by atoms with Gasteiger partial charge >= 0.3 is 0 Å². The van der Waals surface area contributed by atoms with Crippen LogP contribution >= 0.6 is 0 Å². The second-order valence-corrected chi connectivity index (χ2v) is 7.48. The molecule has 6 N–H and O–H groups in total. The highest BCUT2D eigenvalue weighted by Crippen LogP contribution is 2.51. The summed E-state index contributed by atoms with van der Waals surface area (Å²) in [5, 5.41) is 0. The molecule has 1 atom stereocenters. The molecular formula is C17H35N3. The van der Waals surface area contributed by atoms with Gasteiger partial charge in [0.15, 0.2) is 0 Å². The number of hydrogen-bond acceptors (Lipinski definition) is 3. The molecule has 2 aliphatic carbocycles. The summed E-state index contributed by atoms with van der Waals surface area (Å²) in [6.07, 6.45) is 15.7. The van der Waals surface area contributed by atoms with E-state index < -0.39 is 5.66 Å². The van der Waals surface area contributed by atoms with Crippen molar-refractivity contribution >= 4 is 0 Å². The maximum Gasteiger partial charge on any atom is 0.0849 e. The predicted octanol–water partition coefficient (Wildman–Crippen LogP) is 3.26. The Balaban J connectivity index is 2.30. The summed E-state index contributed by atoms with van der Waals surface area (Å²) in [7, 11) is 0. The summed E-state index contributed by atoms with van der Waals surface area (Å²) in [5.41, 5.74) is 18.9. The van der Waals surface area contributed by atoms with Crippen LogP contribution in [0.15, 0.2) is 0 Å². The third kappa shape index (κ3) is 3.05. The van der Waals surface area contributed by atoms with Crippen molar-refractivity contribution in [1.29, 1.82) is 0 Å². The quantitative estimate of drug-likeness (QED) is 0.549. The van der Waals surface area contributed by atoms with Crippen molar-refractivity contribution in [2.45, 2.75) is 95.7 Å². The Morgan fingerprint density at radius 2 is 1.30 bits per heavy atom. The van der Waals surface area contributed by atoms with Crippen LogP contribution in [0.3, 0.4) is 0 Å². The van der Waals surface area contributed by atoms with Crippen molar-refractivity contribution in [2.24, 2.45) is 28.5 Å². The summed E-state index contributed by atoms with van der Waals surface area (Å²) in [4.78, 5) is 0. The molecule has 1 unspecified atom stereocenters. The smallest absolute Gasteiger partial charge is 0.0849 e. The maximum absolute atomic E-state index is 6.67.